The standard InChI is InChI=1S/C13H12BrN3O2/c1-7-11(14)12(15)17-13(16-7)10-6-18-8-4-2-3-5-9(8)19-10/h2-5,10H,6H2,1H3,(H2,15,16,17). The number of nitrogen functional groups attached to an aromatic ring is 1. The SMILES string of the molecule is Cc1nc(C2COc3ccccc3O2)nc(N)c1Br. The summed E-state index contributed by atoms with van der Waals surface area (Å²) in [5.41, 5.74) is 6.61. The van der Waals surface area contributed by atoms with Gasteiger partial charge in [0.2, 0.25) is 0 Å². The summed E-state index contributed by atoms with van der Waals surface area (Å²) in [5, 5.41) is 0. The van der Waals surface area contributed by atoms with Crippen LogP contribution in [-0.4, -0.2) is 16.6 Å². The number of anilines is 1. The normalized spacial score (nSPS) is 17.3. The molecule has 0 fully saturated rings. The highest BCUT2D eigenvalue weighted by Gasteiger charge is 2.25. The maximum Gasteiger partial charge on any atom is 0.192 e. The van der Waals surface area contributed by atoms with Gasteiger partial charge in [-0.25, -0.2) is 9.97 Å². The summed E-state index contributed by atoms with van der Waals surface area (Å²) in [4.78, 5) is 8.63. The first-order chi connectivity index (χ1) is 9.15. The maximum absolute atomic E-state index is 5.85. The van der Waals surface area contributed by atoms with E-state index in [1.807, 2.05) is 31.2 Å². The van der Waals surface area contributed by atoms with Gasteiger partial charge in [-0.05, 0) is 35.0 Å². The number of hydrogen-bond acceptors (Lipinski definition) is 5. The molecule has 2 aromatic rings. The van der Waals surface area contributed by atoms with E-state index in [0.29, 0.717) is 28.5 Å². The smallest absolute Gasteiger partial charge is 0.192 e. The lowest BCUT2D eigenvalue weighted by molar-refractivity contribution is 0.0850. The van der Waals surface area contributed by atoms with Crippen LogP contribution >= 0.6 is 15.9 Å². The van der Waals surface area contributed by atoms with E-state index in [9.17, 15) is 0 Å². The lowest BCUT2D eigenvalue weighted by Crippen LogP contribution is -2.24. The maximum atomic E-state index is 5.85. The summed E-state index contributed by atoms with van der Waals surface area (Å²) in [7, 11) is 0. The molecule has 19 heavy (non-hydrogen) atoms. The van der Waals surface area contributed by atoms with Crippen molar-refractivity contribution in [3.63, 3.8) is 0 Å². The molecule has 1 aromatic carbocycles. The first-order valence-electron chi connectivity index (χ1n) is 5.83. The van der Waals surface area contributed by atoms with Crippen molar-refractivity contribution in [2.24, 2.45) is 0 Å². The van der Waals surface area contributed by atoms with E-state index < -0.39 is 0 Å². The third kappa shape index (κ3) is 2.23. The third-order valence-corrected chi connectivity index (χ3v) is 3.84. The number of aryl methyl sites for hydroxylation is 1. The van der Waals surface area contributed by atoms with Gasteiger partial charge in [0.05, 0.1) is 10.2 Å². The zero-order valence-corrected chi connectivity index (χ0v) is 11.8. The Morgan fingerprint density at radius 2 is 2.00 bits per heavy atom. The van der Waals surface area contributed by atoms with Crippen molar-refractivity contribution in [2.45, 2.75) is 13.0 Å². The number of nitrogens with zero attached hydrogens (tertiary/aromatic N) is 2. The topological polar surface area (TPSA) is 70.3 Å². The van der Waals surface area contributed by atoms with Gasteiger partial charge in [-0.3, -0.25) is 0 Å². The largest absolute Gasteiger partial charge is 0.485 e. The molecule has 1 atom stereocenters. The number of benzene rings is 1. The van der Waals surface area contributed by atoms with E-state index in [2.05, 4.69) is 25.9 Å². The zero-order valence-electron chi connectivity index (χ0n) is 10.3. The zero-order chi connectivity index (χ0) is 13.4. The predicted octanol–water partition coefficient (Wildman–Crippen LogP) is 2.64. The van der Waals surface area contributed by atoms with Crippen molar-refractivity contribution in [3.05, 3.63) is 40.3 Å². The van der Waals surface area contributed by atoms with E-state index in [1.165, 1.54) is 0 Å². The number of halogens is 1. The van der Waals surface area contributed by atoms with E-state index in [0.717, 1.165) is 11.4 Å². The van der Waals surface area contributed by atoms with Crippen LogP contribution < -0.4 is 15.2 Å². The molecule has 0 saturated carbocycles. The summed E-state index contributed by atoms with van der Waals surface area (Å²) >= 11 is 3.34. The fourth-order valence-electron chi connectivity index (χ4n) is 1.89. The molecule has 0 spiro atoms. The molecule has 6 heteroatoms. The molecular formula is C13H12BrN3O2. The van der Waals surface area contributed by atoms with Gasteiger partial charge in [0.25, 0.3) is 0 Å². The van der Waals surface area contributed by atoms with E-state index in [4.69, 9.17) is 15.2 Å². The summed E-state index contributed by atoms with van der Waals surface area (Å²) in [5.74, 6) is 2.37. The highest BCUT2D eigenvalue weighted by atomic mass is 79.9. The fraction of sp³-hybridized carbons (Fsp3) is 0.231. The summed E-state index contributed by atoms with van der Waals surface area (Å²) in [6, 6.07) is 7.53. The van der Waals surface area contributed by atoms with Crippen molar-refractivity contribution in [1.82, 2.24) is 9.97 Å². The van der Waals surface area contributed by atoms with Crippen LogP contribution in [0.15, 0.2) is 28.7 Å². The molecule has 2 N–H and O–H groups in total. The van der Waals surface area contributed by atoms with E-state index >= 15 is 0 Å². The molecule has 0 radical (unpaired) electrons. The minimum absolute atomic E-state index is 0.344. The Kier molecular flexibility index (Phi) is 3.02. The highest BCUT2D eigenvalue weighted by molar-refractivity contribution is 9.10. The van der Waals surface area contributed by atoms with Gasteiger partial charge in [-0.1, -0.05) is 12.1 Å². The van der Waals surface area contributed by atoms with E-state index in [-0.39, 0.29) is 6.10 Å². The molecule has 98 valence electrons. The molecule has 1 aromatic heterocycles. The number of aromatic nitrogens is 2. The Morgan fingerprint density at radius 3 is 2.74 bits per heavy atom. The van der Waals surface area contributed by atoms with Crippen molar-refractivity contribution in [3.8, 4) is 11.5 Å². The second kappa shape index (κ2) is 4.70. The molecule has 0 amide bonds. The van der Waals surface area contributed by atoms with Gasteiger partial charge in [-0.2, -0.15) is 0 Å². The second-order valence-corrected chi connectivity index (χ2v) is 5.02. The van der Waals surface area contributed by atoms with Crippen LogP contribution in [0.1, 0.15) is 17.6 Å². The van der Waals surface area contributed by atoms with Crippen LogP contribution in [0.3, 0.4) is 0 Å². The average Bonchev–Trinajstić information content (AvgIpc) is 2.43. The molecule has 2 heterocycles. The Balaban J connectivity index is 1.93. The molecule has 0 saturated heterocycles. The van der Waals surface area contributed by atoms with Crippen LogP contribution in [0, 0.1) is 6.92 Å². The number of para-hydroxylation sites is 2. The van der Waals surface area contributed by atoms with Crippen LogP contribution in [0.5, 0.6) is 11.5 Å². The number of rotatable bonds is 1. The minimum Gasteiger partial charge on any atom is -0.485 e. The van der Waals surface area contributed by atoms with Gasteiger partial charge < -0.3 is 15.2 Å². The molecule has 3 rings (SSSR count). The lowest BCUT2D eigenvalue weighted by atomic mass is 10.2. The van der Waals surface area contributed by atoms with Crippen molar-refractivity contribution in [1.29, 1.82) is 0 Å². The molecule has 0 aliphatic carbocycles. The molecule has 1 aliphatic heterocycles. The number of nitrogens with two attached hydrogens (primary N) is 1. The van der Waals surface area contributed by atoms with Crippen molar-refractivity contribution < 1.29 is 9.47 Å². The number of hydrogen-bond donors (Lipinski definition) is 1. The number of ether oxygens (including phenoxy) is 2. The van der Waals surface area contributed by atoms with Gasteiger partial charge in [0.15, 0.2) is 23.4 Å². The van der Waals surface area contributed by atoms with Crippen LogP contribution in [0.4, 0.5) is 5.82 Å². The Labute approximate surface area is 118 Å². The van der Waals surface area contributed by atoms with Gasteiger partial charge in [0, 0.05) is 0 Å². The highest BCUT2D eigenvalue weighted by Crippen LogP contribution is 2.35. The fourth-order valence-corrected chi connectivity index (χ4v) is 2.07. The predicted molar refractivity (Wildman–Crippen MR) is 74.2 cm³/mol. The van der Waals surface area contributed by atoms with Crippen LogP contribution in [0.25, 0.3) is 0 Å². The second-order valence-electron chi connectivity index (χ2n) is 4.23. The molecule has 0 bridgehead atoms. The Morgan fingerprint density at radius 1 is 1.26 bits per heavy atom. The summed E-state index contributed by atoms with van der Waals surface area (Å²) in [6.45, 7) is 2.24. The van der Waals surface area contributed by atoms with Crippen molar-refractivity contribution in [2.75, 3.05) is 12.3 Å². The average molecular weight is 322 g/mol. The Bertz CT molecular complexity index is 610. The quantitative estimate of drug-likeness (QED) is 0.874. The first-order valence-corrected chi connectivity index (χ1v) is 6.62. The van der Waals surface area contributed by atoms with Gasteiger partial charge in [-0.15, -0.1) is 0 Å². The third-order valence-electron chi connectivity index (χ3n) is 2.86. The van der Waals surface area contributed by atoms with Crippen molar-refractivity contribution >= 4 is 21.7 Å². The number of fused-ring (bicyclic) bond motifs is 1. The lowest BCUT2D eigenvalue weighted by Gasteiger charge is -2.25. The molecule has 1 aliphatic rings. The van der Waals surface area contributed by atoms with E-state index in [1.54, 1.807) is 0 Å². The molecule has 1 unspecified atom stereocenters. The molecular weight excluding hydrogens is 310 g/mol. The first kappa shape index (κ1) is 12.2. The van der Waals surface area contributed by atoms with Crippen LogP contribution in [0.2, 0.25) is 0 Å². The summed E-state index contributed by atoms with van der Waals surface area (Å²) in [6.07, 6.45) is -0.344. The molecule has 5 nitrogen and oxygen atoms in total. The summed E-state index contributed by atoms with van der Waals surface area (Å²) < 4.78 is 12.2. The Hall–Kier alpha value is -1.82. The monoisotopic (exact) mass is 321 g/mol. The van der Waals surface area contributed by atoms with Gasteiger partial charge in [0.1, 0.15) is 12.4 Å². The minimum atomic E-state index is -0.344. The van der Waals surface area contributed by atoms with Crippen LogP contribution in [-0.2, 0) is 0 Å². The van der Waals surface area contributed by atoms with Gasteiger partial charge >= 0.3 is 0 Å².